The van der Waals surface area contributed by atoms with Crippen molar-refractivity contribution in [3.05, 3.63) is 29.8 Å². The third-order valence-electron chi connectivity index (χ3n) is 1.56. The van der Waals surface area contributed by atoms with Crippen LogP contribution in [0, 0.1) is 0 Å². The Labute approximate surface area is 80.5 Å². The molecule has 0 radical (unpaired) electrons. The third kappa shape index (κ3) is 2.65. The molecule has 0 heterocycles. The van der Waals surface area contributed by atoms with Gasteiger partial charge in [0.2, 0.25) is 0 Å². The predicted octanol–water partition coefficient (Wildman–Crippen LogP) is 3.49. The first-order valence-corrected chi connectivity index (χ1v) is 4.24. The van der Waals surface area contributed by atoms with E-state index in [0.717, 1.165) is 6.07 Å². The summed E-state index contributed by atoms with van der Waals surface area (Å²) in [5.74, 6) is -0.116. The highest BCUT2D eigenvalue weighted by Crippen LogP contribution is 2.36. The minimum Gasteiger partial charge on any atom is -0.490 e. The summed E-state index contributed by atoms with van der Waals surface area (Å²) >= 11 is 0. The van der Waals surface area contributed by atoms with Crippen molar-refractivity contribution in [1.29, 1.82) is 0 Å². The lowest BCUT2D eigenvalue weighted by Gasteiger charge is -2.15. The predicted molar refractivity (Wildman–Crippen MR) is 47.2 cm³/mol. The summed E-state index contributed by atoms with van der Waals surface area (Å²) in [5, 5.41) is 0. The van der Waals surface area contributed by atoms with Crippen LogP contribution in [-0.4, -0.2) is 6.10 Å². The Bertz CT molecular complexity index is 304. The smallest absolute Gasteiger partial charge is 0.419 e. The minimum absolute atomic E-state index is 0.116. The SMILES string of the molecule is CC(C)Oc1ccccc1C(F)(F)F. The van der Waals surface area contributed by atoms with Gasteiger partial charge in [-0.15, -0.1) is 0 Å². The Morgan fingerprint density at radius 1 is 1.14 bits per heavy atom. The monoisotopic (exact) mass is 204 g/mol. The number of rotatable bonds is 2. The highest BCUT2D eigenvalue weighted by molar-refractivity contribution is 5.35. The van der Waals surface area contributed by atoms with E-state index in [1.54, 1.807) is 13.8 Å². The van der Waals surface area contributed by atoms with Crippen LogP contribution in [0.3, 0.4) is 0 Å². The molecule has 1 nitrogen and oxygen atoms in total. The van der Waals surface area contributed by atoms with Gasteiger partial charge in [0, 0.05) is 0 Å². The molecular formula is C10H11F3O. The molecule has 1 aromatic rings. The van der Waals surface area contributed by atoms with Crippen LogP contribution < -0.4 is 4.74 Å². The van der Waals surface area contributed by atoms with Crippen molar-refractivity contribution in [3.8, 4) is 5.75 Å². The summed E-state index contributed by atoms with van der Waals surface area (Å²) in [7, 11) is 0. The van der Waals surface area contributed by atoms with Crippen molar-refractivity contribution >= 4 is 0 Å². The van der Waals surface area contributed by atoms with Gasteiger partial charge in [0.05, 0.1) is 11.7 Å². The standard InChI is InChI=1S/C10H11F3O/c1-7(2)14-9-6-4-3-5-8(9)10(11,12)13/h3-7H,1-2H3. The van der Waals surface area contributed by atoms with E-state index in [-0.39, 0.29) is 11.9 Å². The van der Waals surface area contributed by atoms with Gasteiger partial charge in [-0.2, -0.15) is 13.2 Å². The summed E-state index contributed by atoms with van der Waals surface area (Å²) in [5.41, 5.74) is -0.728. The number of hydrogen-bond donors (Lipinski definition) is 0. The maximum Gasteiger partial charge on any atom is 0.419 e. The molecule has 0 bridgehead atoms. The molecule has 0 aliphatic heterocycles. The van der Waals surface area contributed by atoms with Crippen LogP contribution in [-0.2, 0) is 6.18 Å². The van der Waals surface area contributed by atoms with Crippen molar-refractivity contribution < 1.29 is 17.9 Å². The molecule has 0 amide bonds. The zero-order valence-corrected chi connectivity index (χ0v) is 7.93. The van der Waals surface area contributed by atoms with E-state index in [2.05, 4.69) is 0 Å². The molecule has 0 unspecified atom stereocenters. The van der Waals surface area contributed by atoms with Gasteiger partial charge in [0.1, 0.15) is 5.75 Å². The molecule has 78 valence electrons. The summed E-state index contributed by atoms with van der Waals surface area (Å²) in [6.07, 6.45) is -4.62. The van der Waals surface area contributed by atoms with E-state index in [1.807, 2.05) is 0 Å². The second-order valence-electron chi connectivity index (χ2n) is 3.16. The Morgan fingerprint density at radius 2 is 1.71 bits per heavy atom. The van der Waals surface area contributed by atoms with Crippen molar-refractivity contribution in [1.82, 2.24) is 0 Å². The van der Waals surface area contributed by atoms with Crippen LogP contribution in [0.5, 0.6) is 5.75 Å². The van der Waals surface area contributed by atoms with E-state index < -0.39 is 11.7 Å². The van der Waals surface area contributed by atoms with Gasteiger partial charge in [0.25, 0.3) is 0 Å². The lowest BCUT2D eigenvalue weighted by Crippen LogP contribution is -2.12. The van der Waals surface area contributed by atoms with Crippen LogP contribution >= 0.6 is 0 Å². The highest BCUT2D eigenvalue weighted by Gasteiger charge is 2.34. The summed E-state index contributed by atoms with van der Waals surface area (Å²) < 4.78 is 42.3. The molecule has 0 saturated heterocycles. The number of ether oxygens (including phenoxy) is 1. The fourth-order valence-corrected chi connectivity index (χ4v) is 1.06. The summed E-state index contributed by atoms with van der Waals surface area (Å²) in [6.45, 7) is 3.38. The van der Waals surface area contributed by atoms with E-state index in [0.29, 0.717) is 0 Å². The minimum atomic E-state index is -4.36. The quantitative estimate of drug-likeness (QED) is 0.716. The van der Waals surface area contributed by atoms with E-state index in [1.165, 1.54) is 18.2 Å². The van der Waals surface area contributed by atoms with Gasteiger partial charge < -0.3 is 4.74 Å². The molecule has 0 N–H and O–H groups in total. The van der Waals surface area contributed by atoms with E-state index in [9.17, 15) is 13.2 Å². The maximum atomic E-state index is 12.4. The van der Waals surface area contributed by atoms with Crippen LogP contribution in [0.4, 0.5) is 13.2 Å². The first kappa shape index (κ1) is 10.9. The summed E-state index contributed by atoms with van der Waals surface area (Å²) in [6, 6.07) is 5.20. The highest BCUT2D eigenvalue weighted by atomic mass is 19.4. The van der Waals surface area contributed by atoms with E-state index >= 15 is 0 Å². The van der Waals surface area contributed by atoms with Crippen molar-refractivity contribution in [2.75, 3.05) is 0 Å². The van der Waals surface area contributed by atoms with Crippen LogP contribution in [0.1, 0.15) is 19.4 Å². The number of para-hydroxylation sites is 1. The van der Waals surface area contributed by atoms with Crippen molar-refractivity contribution in [2.45, 2.75) is 26.1 Å². The lowest BCUT2D eigenvalue weighted by atomic mass is 10.2. The van der Waals surface area contributed by atoms with Gasteiger partial charge in [-0.1, -0.05) is 12.1 Å². The van der Waals surface area contributed by atoms with E-state index in [4.69, 9.17) is 4.74 Å². The largest absolute Gasteiger partial charge is 0.490 e. The molecular weight excluding hydrogens is 193 g/mol. The molecule has 0 spiro atoms. The maximum absolute atomic E-state index is 12.4. The number of hydrogen-bond acceptors (Lipinski definition) is 1. The summed E-state index contributed by atoms with van der Waals surface area (Å²) in [4.78, 5) is 0. The molecule has 0 aliphatic carbocycles. The molecule has 14 heavy (non-hydrogen) atoms. The van der Waals surface area contributed by atoms with Crippen LogP contribution in [0.25, 0.3) is 0 Å². The second kappa shape index (κ2) is 3.90. The van der Waals surface area contributed by atoms with Crippen LogP contribution in [0.15, 0.2) is 24.3 Å². The Morgan fingerprint density at radius 3 is 2.21 bits per heavy atom. The Hall–Kier alpha value is -1.19. The first-order chi connectivity index (χ1) is 6.41. The lowest BCUT2D eigenvalue weighted by molar-refractivity contribution is -0.139. The molecule has 0 atom stereocenters. The molecule has 0 aliphatic rings. The first-order valence-electron chi connectivity index (χ1n) is 4.24. The van der Waals surface area contributed by atoms with Gasteiger partial charge in [0.15, 0.2) is 0 Å². The number of halogens is 3. The zero-order valence-electron chi connectivity index (χ0n) is 7.93. The van der Waals surface area contributed by atoms with Gasteiger partial charge >= 0.3 is 6.18 Å². The van der Waals surface area contributed by atoms with Gasteiger partial charge in [-0.25, -0.2) is 0 Å². The molecule has 0 fully saturated rings. The Kier molecular flexibility index (Phi) is 3.03. The normalized spacial score (nSPS) is 11.9. The number of alkyl halides is 3. The molecule has 1 aromatic carbocycles. The Balaban J connectivity index is 3.04. The van der Waals surface area contributed by atoms with Gasteiger partial charge in [-0.05, 0) is 26.0 Å². The third-order valence-corrected chi connectivity index (χ3v) is 1.56. The molecule has 4 heteroatoms. The second-order valence-corrected chi connectivity index (χ2v) is 3.16. The average molecular weight is 204 g/mol. The van der Waals surface area contributed by atoms with Crippen molar-refractivity contribution in [2.24, 2.45) is 0 Å². The zero-order chi connectivity index (χ0) is 10.8. The fourth-order valence-electron chi connectivity index (χ4n) is 1.06. The topological polar surface area (TPSA) is 9.23 Å². The fraction of sp³-hybridized carbons (Fsp3) is 0.400. The number of benzene rings is 1. The van der Waals surface area contributed by atoms with Crippen LogP contribution in [0.2, 0.25) is 0 Å². The molecule has 0 aromatic heterocycles. The van der Waals surface area contributed by atoms with Gasteiger partial charge in [-0.3, -0.25) is 0 Å². The average Bonchev–Trinajstić information content (AvgIpc) is 2.01. The molecule has 1 rings (SSSR count). The van der Waals surface area contributed by atoms with Crippen molar-refractivity contribution in [3.63, 3.8) is 0 Å². The molecule has 0 saturated carbocycles.